The van der Waals surface area contributed by atoms with E-state index in [4.69, 9.17) is 0 Å². The van der Waals surface area contributed by atoms with E-state index in [1.807, 2.05) is 0 Å². The summed E-state index contributed by atoms with van der Waals surface area (Å²) in [4.78, 5) is 0. The van der Waals surface area contributed by atoms with Gasteiger partial charge in [0.05, 0.1) is 0 Å². The molecular weight excluding hydrogens is 215 g/mol. The van der Waals surface area contributed by atoms with Gasteiger partial charge in [-0.25, -0.2) is 0 Å². The van der Waals surface area contributed by atoms with Crippen LogP contribution in [0.1, 0.15) is 79.1 Å². The summed E-state index contributed by atoms with van der Waals surface area (Å²) in [6.45, 7) is 9.77. The van der Waals surface area contributed by atoms with Crippen molar-refractivity contribution in [1.82, 2.24) is 0 Å². The Morgan fingerprint density at radius 2 is 1.83 bits per heavy atom. The predicted molar refractivity (Wildman–Crippen MR) is 83.7 cm³/mol. The molecule has 0 aromatic carbocycles. The fraction of sp³-hybridized carbons (Fsp3) is 1.00. The maximum Gasteiger partial charge on any atom is 0.131 e. The first-order chi connectivity index (χ1) is 8.56. The normalized spacial score (nSPS) is 32.7. The van der Waals surface area contributed by atoms with Crippen molar-refractivity contribution in [3.8, 4) is 0 Å². The molecule has 0 aromatic rings. The molecule has 0 bridgehead atoms. The minimum absolute atomic E-state index is 0.789. The van der Waals surface area contributed by atoms with Crippen molar-refractivity contribution in [3.63, 3.8) is 0 Å². The lowest BCUT2D eigenvalue weighted by molar-refractivity contribution is 0.255. The van der Waals surface area contributed by atoms with Gasteiger partial charge in [0.15, 0.2) is 0 Å². The highest BCUT2D eigenvalue weighted by Gasteiger charge is 2.44. The zero-order valence-corrected chi connectivity index (χ0v) is 13.2. The molecule has 0 amide bonds. The first kappa shape index (κ1) is 14.5. The van der Waals surface area contributed by atoms with Crippen LogP contribution in [-0.2, 0) is 0 Å². The fourth-order valence-electron chi connectivity index (χ4n) is 5.02. The van der Waals surface area contributed by atoms with Crippen LogP contribution in [0, 0.1) is 17.8 Å². The molecule has 3 unspecified atom stereocenters. The van der Waals surface area contributed by atoms with Gasteiger partial charge in [0.2, 0.25) is 0 Å². The largest absolute Gasteiger partial charge is 0.131 e. The van der Waals surface area contributed by atoms with Crippen LogP contribution in [0.2, 0.25) is 11.1 Å². The van der Waals surface area contributed by atoms with Gasteiger partial charge < -0.3 is 0 Å². The lowest BCUT2D eigenvalue weighted by atomic mass is 9.46. The summed E-state index contributed by atoms with van der Waals surface area (Å²) >= 11 is 0. The highest BCUT2D eigenvalue weighted by Crippen LogP contribution is 2.57. The smallest absolute Gasteiger partial charge is 0.0691 e. The molecule has 1 aliphatic carbocycles. The van der Waals surface area contributed by atoms with E-state index in [1.54, 1.807) is 26.5 Å². The molecule has 1 saturated carbocycles. The van der Waals surface area contributed by atoms with Gasteiger partial charge in [0.25, 0.3) is 0 Å². The van der Waals surface area contributed by atoms with E-state index >= 15 is 0 Å². The molecule has 2 aliphatic rings. The van der Waals surface area contributed by atoms with Gasteiger partial charge in [-0.05, 0) is 24.2 Å². The van der Waals surface area contributed by atoms with Crippen LogP contribution >= 0.6 is 0 Å². The van der Waals surface area contributed by atoms with Crippen molar-refractivity contribution in [3.05, 3.63) is 0 Å². The molecule has 0 nitrogen and oxygen atoms in total. The van der Waals surface area contributed by atoms with Gasteiger partial charge in [-0.2, -0.15) is 0 Å². The Hall–Kier alpha value is 0.0649. The molecule has 0 N–H and O–H groups in total. The van der Waals surface area contributed by atoms with Crippen molar-refractivity contribution in [2.45, 2.75) is 90.2 Å². The average Bonchev–Trinajstić information content (AvgIpc) is 2.63. The number of hydrogen-bond acceptors (Lipinski definition) is 0. The van der Waals surface area contributed by atoms with Crippen LogP contribution in [-0.4, -0.2) is 7.28 Å². The van der Waals surface area contributed by atoms with E-state index in [-0.39, 0.29) is 0 Å². The summed E-state index contributed by atoms with van der Waals surface area (Å²) in [6, 6.07) is 0. The van der Waals surface area contributed by atoms with E-state index in [0.717, 1.165) is 28.9 Å². The van der Waals surface area contributed by atoms with E-state index < -0.39 is 0 Å². The van der Waals surface area contributed by atoms with Crippen molar-refractivity contribution in [1.29, 1.82) is 0 Å². The lowest BCUT2D eigenvalue weighted by Gasteiger charge is -2.34. The van der Waals surface area contributed by atoms with E-state index in [2.05, 4.69) is 27.7 Å². The Bertz CT molecular complexity index is 252. The highest BCUT2D eigenvalue weighted by atomic mass is 14.4. The van der Waals surface area contributed by atoms with E-state index in [1.165, 1.54) is 32.1 Å². The molecule has 18 heavy (non-hydrogen) atoms. The second kappa shape index (κ2) is 6.01. The van der Waals surface area contributed by atoms with Crippen molar-refractivity contribution in [2.24, 2.45) is 17.8 Å². The fourth-order valence-corrected chi connectivity index (χ4v) is 5.02. The minimum atomic E-state index is 0.789. The molecule has 1 heterocycles. The zero-order valence-electron chi connectivity index (χ0n) is 13.2. The van der Waals surface area contributed by atoms with Crippen LogP contribution in [0.5, 0.6) is 0 Å². The van der Waals surface area contributed by atoms with Gasteiger partial charge in [-0.1, -0.05) is 83.8 Å². The van der Waals surface area contributed by atoms with Crippen molar-refractivity contribution in [2.75, 3.05) is 0 Å². The summed E-state index contributed by atoms with van der Waals surface area (Å²) in [5, 5.41) is 0.789. The maximum atomic E-state index is 2.54. The number of hydrogen-bond donors (Lipinski definition) is 0. The third-order valence-electron chi connectivity index (χ3n) is 6.24. The van der Waals surface area contributed by atoms with E-state index in [0.29, 0.717) is 0 Å². The monoisotopic (exact) mass is 248 g/mol. The Balaban J connectivity index is 1.94. The quantitative estimate of drug-likeness (QED) is 0.580. The maximum absolute atomic E-state index is 2.54. The first-order valence-corrected chi connectivity index (χ1v) is 8.56. The summed E-state index contributed by atoms with van der Waals surface area (Å²) in [5.74, 6) is 3.88. The summed E-state index contributed by atoms with van der Waals surface area (Å²) in [7, 11) is 1.55. The highest BCUT2D eigenvalue weighted by molar-refractivity contribution is 6.43. The topological polar surface area (TPSA) is 0 Å². The molecule has 0 radical (unpaired) electrons. The van der Waals surface area contributed by atoms with Crippen LogP contribution in [0.4, 0.5) is 0 Å². The zero-order chi connectivity index (χ0) is 13.2. The molecule has 2 rings (SSSR count). The summed E-state index contributed by atoms with van der Waals surface area (Å²) < 4.78 is 0. The van der Waals surface area contributed by atoms with E-state index in [9.17, 15) is 0 Å². The van der Waals surface area contributed by atoms with Gasteiger partial charge >= 0.3 is 0 Å². The average molecular weight is 248 g/mol. The van der Waals surface area contributed by atoms with Crippen LogP contribution in [0.3, 0.4) is 0 Å². The van der Waals surface area contributed by atoms with Gasteiger partial charge in [0.1, 0.15) is 7.28 Å². The van der Waals surface area contributed by atoms with Crippen LogP contribution < -0.4 is 0 Å². The van der Waals surface area contributed by atoms with Crippen LogP contribution in [0.15, 0.2) is 0 Å². The second-order valence-electron chi connectivity index (χ2n) is 7.85. The molecular formula is C17H33B. The summed E-state index contributed by atoms with van der Waals surface area (Å²) in [6.07, 6.45) is 12.1. The molecule has 1 saturated heterocycles. The third kappa shape index (κ3) is 3.14. The molecule has 1 spiro atoms. The number of rotatable bonds is 4. The Morgan fingerprint density at radius 1 is 1.17 bits per heavy atom. The minimum Gasteiger partial charge on any atom is -0.0691 e. The van der Waals surface area contributed by atoms with Crippen molar-refractivity contribution < 1.29 is 0 Å². The Labute approximate surface area is 116 Å². The molecule has 2 fully saturated rings. The SMILES string of the molecule is CCC(CC1CC2(BC1C)CCCCC2)C(C)C. The molecule has 3 atom stereocenters. The van der Waals surface area contributed by atoms with Crippen molar-refractivity contribution >= 4 is 7.28 Å². The Kier molecular flexibility index (Phi) is 4.83. The second-order valence-corrected chi connectivity index (χ2v) is 7.85. The van der Waals surface area contributed by atoms with Gasteiger partial charge in [-0.15, -0.1) is 0 Å². The predicted octanol–water partition coefficient (Wildman–Crippen LogP) is 5.45. The van der Waals surface area contributed by atoms with Gasteiger partial charge in [0, 0.05) is 0 Å². The van der Waals surface area contributed by atoms with Crippen LogP contribution in [0.25, 0.3) is 0 Å². The Morgan fingerprint density at radius 3 is 2.39 bits per heavy atom. The molecule has 1 aliphatic heterocycles. The standard InChI is InChI=1S/C17H33B/c1-5-15(13(2)3)11-16-12-17(18-14(16)4)9-7-6-8-10-17/h13-16,18H,5-12H2,1-4H3. The molecule has 1 heteroatoms. The molecule has 0 aromatic heterocycles. The lowest BCUT2D eigenvalue weighted by Crippen LogP contribution is -2.19. The summed E-state index contributed by atoms with van der Waals surface area (Å²) in [5.41, 5.74) is 0. The first-order valence-electron chi connectivity index (χ1n) is 8.56. The van der Waals surface area contributed by atoms with Gasteiger partial charge in [-0.3, -0.25) is 0 Å². The third-order valence-corrected chi connectivity index (χ3v) is 6.24. The molecule has 104 valence electrons.